The number of carbonyl (C=O) groups excluding carboxylic acids is 1. The third kappa shape index (κ3) is 6.71. The number of amides is 1. The zero-order valence-corrected chi connectivity index (χ0v) is 14.6. The minimum atomic E-state index is -2.93. The minimum absolute atomic E-state index is 0.189. The Labute approximate surface area is 139 Å². The fourth-order valence-electron chi connectivity index (χ4n) is 2.79. The number of hydrogen-bond donors (Lipinski definition) is 0. The number of hydrogen-bond acceptors (Lipinski definition) is 4. The van der Waals surface area contributed by atoms with Gasteiger partial charge in [-0.15, -0.1) is 0 Å². The van der Waals surface area contributed by atoms with Gasteiger partial charge in [-0.3, -0.25) is 4.79 Å². The Bertz CT molecular complexity index is 602. The average molecular weight is 338 g/mol. The molecule has 1 aromatic rings. The van der Waals surface area contributed by atoms with E-state index in [9.17, 15) is 13.2 Å². The van der Waals surface area contributed by atoms with E-state index in [0.717, 1.165) is 32.5 Å². The van der Waals surface area contributed by atoms with Crippen molar-refractivity contribution in [3.63, 3.8) is 0 Å². The topological polar surface area (TPSA) is 57.7 Å². The van der Waals surface area contributed by atoms with Crippen molar-refractivity contribution in [3.05, 3.63) is 35.9 Å². The van der Waals surface area contributed by atoms with Gasteiger partial charge in [0.05, 0.1) is 5.75 Å². The van der Waals surface area contributed by atoms with E-state index in [1.807, 2.05) is 35.2 Å². The minimum Gasteiger partial charge on any atom is -0.341 e. The van der Waals surface area contributed by atoms with Gasteiger partial charge in [-0.1, -0.05) is 30.3 Å². The molecule has 0 bridgehead atoms. The largest absolute Gasteiger partial charge is 0.341 e. The van der Waals surface area contributed by atoms with Crippen LogP contribution in [0.1, 0.15) is 18.4 Å². The summed E-state index contributed by atoms with van der Waals surface area (Å²) < 4.78 is 22.5. The third-order valence-electron chi connectivity index (χ3n) is 4.19. The zero-order chi connectivity index (χ0) is 16.7. The van der Waals surface area contributed by atoms with E-state index in [-0.39, 0.29) is 11.7 Å². The number of sulfone groups is 1. The lowest BCUT2D eigenvalue weighted by molar-refractivity contribution is -0.131. The Kier molecular flexibility index (Phi) is 6.59. The molecule has 0 saturated carbocycles. The number of nitrogens with zero attached hydrogens (tertiary/aromatic N) is 2. The van der Waals surface area contributed by atoms with Crippen molar-refractivity contribution >= 4 is 15.7 Å². The van der Waals surface area contributed by atoms with Crippen molar-refractivity contribution in [1.29, 1.82) is 0 Å². The molecule has 1 aliphatic rings. The smallest absolute Gasteiger partial charge is 0.222 e. The second-order valence-corrected chi connectivity index (χ2v) is 8.45. The van der Waals surface area contributed by atoms with Gasteiger partial charge in [0.1, 0.15) is 9.84 Å². The number of carbonyl (C=O) groups is 1. The molecule has 0 atom stereocenters. The van der Waals surface area contributed by atoms with Crippen molar-refractivity contribution < 1.29 is 13.2 Å². The Morgan fingerprint density at radius 3 is 2.52 bits per heavy atom. The molecule has 2 rings (SSSR count). The maximum absolute atomic E-state index is 12.4. The molecule has 0 unspecified atom stereocenters. The Hall–Kier alpha value is -1.40. The molecule has 5 nitrogen and oxygen atoms in total. The molecule has 128 valence electrons. The van der Waals surface area contributed by atoms with E-state index in [2.05, 4.69) is 4.90 Å². The number of aryl methyl sites for hydroxylation is 1. The highest BCUT2D eigenvalue weighted by molar-refractivity contribution is 7.90. The van der Waals surface area contributed by atoms with Gasteiger partial charge in [-0.2, -0.15) is 0 Å². The fourth-order valence-corrected chi connectivity index (χ4v) is 3.38. The van der Waals surface area contributed by atoms with Gasteiger partial charge >= 0.3 is 0 Å². The Morgan fingerprint density at radius 1 is 1.09 bits per heavy atom. The first-order valence-electron chi connectivity index (χ1n) is 8.16. The quantitative estimate of drug-likeness (QED) is 0.782. The molecule has 1 aromatic carbocycles. The van der Waals surface area contributed by atoms with Crippen molar-refractivity contribution in [3.8, 4) is 0 Å². The lowest BCUT2D eigenvalue weighted by Gasteiger charge is -2.22. The standard InChI is InChI=1S/C17H26N2O3S/c1-23(21,22)15-14-18-10-5-11-19(13-12-18)17(20)9-8-16-6-3-2-4-7-16/h2-4,6-7H,5,8-15H2,1H3. The van der Waals surface area contributed by atoms with Crippen LogP contribution in [-0.2, 0) is 21.1 Å². The molecule has 23 heavy (non-hydrogen) atoms. The Balaban J connectivity index is 1.77. The third-order valence-corrected chi connectivity index (χ3v) is 5.11. The molecule has 1 saturated heterocycles. The molecule has 0 aromatic heterocycles. The van der Waals surface area contributed by atoms with Crippen LogP contribution in [0, 0.1) is 0 Å². The predicted molar refractivity (Wildman–Crippen MR) is 92.1 cm³/mol. The predicted octanol–water partition coefficient (Wildman–Crippen LogP) is 1.20. The van der Waals surface area contributed by atoms with Gasteiger partial charge < -0.3 is 9.80 Å². The van der Waals surface area contributed by atoms with E-state index >= 15 is 0 Å². The summed E-state index contributed by atoms with van der Waals surface area (Å²) in [6, 6.07) is 10.0. The van der Waals surface area contributed by atoms with Gasteiger partial charge in [0, 0.05) is 38.9 Å². The molecule has 1 heterocycles. The first kappa shape index (κ1) is 17.9. The molecule has 0 radical (unpaired) electrons. The van der Waals surface area contributed by atoms with Crippen molar-refractivity contribution in [2.75, 3.05) is 44.7 Å². The first-order valence-corrected chi connectivity index (χ1v) is 10.2. The van der Waals surface area contributed by atoms with Crippen LogP contribution in [0.15, 0.2) is 30.3 Å². The summed E-state index contributed by atoms with van der Waals surface area (Å²) in [7, 11) is -2.93. The summed E-state index contributed by atoms with van der Waals surface area (Å²) in [6.07, 6.45) is 3.48. The molecule has 1 aliphatic heterocycles. The summed E-state index contributed by atoms with van der Waals surface area (Å²) in [5.74, 6) is 0.383. The normalized spacial score (nSPS) is 17.0. The summed E-state index contributed by atoms with van der Waals surface area (Å²) in [5, 5.41) is 0. The van der Waals surface area contributed by atoms with Crippen LogP contribution in [0.3, 0.4) is 0 Å². The lowest BCUT2D eigenvalue weighted by Crippen LogP contribution is -2.36. The van der Waals surface area contributed by atoms with Crippen LogP contribution in [0.4, 0.5) is 0 Å². The van der Waals surface area contributed by atoms with Gasteiger partial charge in [-0.05, 0) is 24.9 Å². The van der Waals surface area contributed by atoms with Crippen LogP contribution in [0.25, 0.3) is 0 Å². The molecular weight excluding hydrogens is 312 g/mol. The van der Waals surface area contributed by atoms with Crippen molar-refractivity contribution in [1.82, 2.24) is 9.80 Å². The molecule has 0 aliphatic carbocycles. The molecule has 1 fully saturated rings. The average Bonchev–Trinajstić information content (AvgIpc) is 2.77. The lowest BCUT2D eigenvalue weighted by atomic mass is 10.1. The molecule has 0 N–H and O–H groups in total. The summed E-state index contributed by atoms with van der Waals surface area (Å²) >= 11 is 0. The maximum Gasteiger partial charge on any atom is 0.222 e. The summed E-state index contributed by atoms with van der Waals surface area (Å²) in [6.45, 7) is 3.63. The van der Waals surface area contributed by atoms with E-state index in [4.69, 9.17) is 0 Å². The molecule has 6 heteroatoms. The van der Waals surface area contributed by atoms with Crippen molar-refractivity contribution in [2.24, 2.45) is 0 Å². The summed E-state index contributed by atoms with van der Waals surface area (Å²) in [4.78, 5) is 16.4. The van der Waals surface area contributed by atoms with Crippen LogP contribution < -0.4 is 0 Å². The van der Waals surface area contributed by atoms with Crippen LogP contribution >= 0.6 is 0 Å². The molecule has 1 amide bonds. The van der Waals surface area contributed by atoms with E-state index in [1.54, 1.807) is 0 Å². The van der Waals surface area contributed by atoms with Gasteiger partial charge in [0.25, 0.3) is 0 Å². The first-order chi connectivity index (χ1) is 10.9. The molecule has 0 spiro atoms. The fraction of sp³-hybridized carbons (Fsp3) is 0.588. The second-order valence-electron chi connectivity index (χ2n) is 6.19. The van der Waals surface area contributed by atoms with Crippen molar-refractivity contribution in [2.45, 2.75) is 19.3 Å². The summed E-state index contributed by atoms with van der Waals surface area (Å²) in [5.41, 5.74) is 1.19. The van der Waals surface area contributed by atoms with E-state index < -0.39 is 9.84 Å². The highest BCUT2D eigenvalue weighted by Gasteiger charge is 2.19. The van der Waals surface area contributed by atoms with Crippen LogP contribution in [-0.4, -0.2) is 68.9 Å². The second kappa shape index (κ2) is 8.45. The highest BCUT2D eigenvalue weighted by atomic mass is 32.2. The van der Waals surface area contributed by atoms with Gasteiger partial charge in [0.2, 0.25) is 5.91 Å². The maximum atomic E-state index is 12.4. The SMILES string of the molecule is CS(=O)(=O)CCN1CCCN(C(=O)CCc2ccccc2)CC1. The van der Waals surface area contributed by atoms with Crippen LogP contribution in [0.2, 0.25) is 0 Å². The van der Waals surface area contributed by atoms with Gasteiger partial charge in [0.15, 0.2) is 0 Å². The van der Waals surface area contributed by atoms with Crippen LogP contribution in [0.5, 0.6) is 0 Å². The molecular formula is C17H26N2O3S. The monoisotopic (exact) mass is 338 g/mol. The zero-order valence-electron chi connectivity index (χ0n) is 13.8. The van der Waals surface area contributed by atoms with E-state index in [1.165, 1.54) is 11.8 Å². The number of rotatable bonds is 6. The van der Waals surface area contributed by atoms with Gasteiger partial charge in [-0.25, -0.2) is 8.42 Å². The number of benzene rings is 1. The highest BCUT2D eigenvalue weighted by Crippen LogP contribution is 2.08. The Morgan fingerprint density at radius 2 is 1.83 bits per heavy atom. The van der Waals surface area contributed by atoms with E-state index in [0.29, 0.717) is 19.5 Å².